The van der Waals surface area contributed by atoms with Crippen LogP contribution in [0.2, 0.25) is 0 Å². The fourth-order valence-corrected chi connectivity index (χ4v) is 2.72. The molecule has 0 aromatic heterocycles. The maximum Gasteiger partial charge on any atom is 0.227 e. The fourth-order valence-electron chi connectivity index (χ4n) is 2.56. The highest BCUT2D eigenvalue weighted by Crippen LogP contribution is 2.32. The number of halogens is 1. The number of nitrogens with one attached hydrogen (secondary N) is 1. The summed E-state index contributed by atoms with van der Waals surface area (Å²) in [7, 11) is 0. The molecule has 3 N–H and O–H groups in total. The highest BCUT2D eigenvalue weighted by molar-refractivity contribution is 7.80. The number of amides is 1. The molecule has 1 aromatic rings. The molecule has 1 saturated carbocycles. The van der Waals surface area contributed by atoms with Gasteiger partial charge in [-0.3, -0.25) is 4.79 Å². The molecule has 2 atom stereocenters. The van der Waals surface area contributed by atoms with Gasteiger partial charge in [-0.05, 0) is 37.0 Å². The van der Waals surface area contributed by atoms with Crippen LogP contribution in [-0.2, 0) is 4.79 Å². The van der Waals surface area contributed by atoms with Crippen molar-refractivity contribution in [3.8, 4) is 0 Å². The van der Waals surface area contributed by atoms with Crippen LogP contribution in [0.1, 0.15) is 31.7 Å². The third-order valence-electron chi connectivity index (χ3n) is 3.70. The van der Waals surface area contributed by atoms with E-state index in [9.17, 15) is 9.18 Å². The zero-order valence-electron chi connectivity index (χ0n) is 10.8. The molecule has 2 rings (SSSR count). The zero-order valence-corrected chi connectivity index (χ0v) is 11.6. The second kappa shape index (κ2) is 5.65. The Morgan fingerprint density at radius 3 is 2.79 bits per heavy atom. The average Bonchev–Trinajstić information content (AvgIpc) is 2.77. The van der Waals surface area contributed by atoms with Gasteiger partial charge in [0.15, 0.2) is 0 Å². The van der Waals surface area contributed by atoms with E-state index in [4.69, 9.17) is 18.0 Å². The number of thiocarbonyl (C=S) groups is 1. The van der Waals surface area contributed by atoms with E-state index < -0.39 is 5.82 Å². The SMILES string of the molecule is CC1CCCC1C(=O)Nc1ccc(F)c(C(N)=S)c1. The summed E-state index contributed by atoms with van der Waals surface area (Å²) in [5.74, 6) is -0.0425. The molecule has 1 aliphatic carbocycles. The monoisotopic (exact) mass is 280 g/mol. The van der Waals surface area contributed by atoms with E-state index >= 15 is 0 Å². The molecule has 0 bridgehead atoms. The molecule has 0 aliphatic heterocycles. The van der Waals surface area contributed by atoms with E-state index in [0.29, 0.717) is 11.6 Å². The number of hydrogen-bond acceptors (Lipinski definition) is 2. The second-order valence-corrected chi connectivity index (χ2v) is 5.50. The predicted octanol–water partition coefficient (Wildman–Crippen LogP) is 2.83. The molecule has 3 nitrogen and oxygen atoms in total. The maximum absolute atomic E-state index is 13.4. The number of carbonyl (C=O) groups excluding carboxylic acids is 1. The molecule has 0 heterocycles. The van der Waals surface area contributed by atoms with Gasteiger partial charge in [0.05, 0.1) is 0 Å². The van der Waals surface area contributed by atoms with Gasteiger partial charge in [0.2, 0.25) is 5.91 Å². The first-order valence-corrected chi connectivity index (χ1v) is 6.80. The first kappa shape index (κ1) is 13.9. The summed E-state index contributed by atoms with van der Waals surface area (Å²) in [5, 5.41) is 2.82. The Kier molecular flexibility index (Phi) is 4.14. The molecule has 1 aromatic carbocycles. The van der Waals surface area contributed by atoms with Crippen molar-refractivity contribution in [3.05, 3.63) is 29.6 Å². The molecule has 1 aliphatic rings. The Morgan fingerprint density at radius 1 is 1.47 bits per heavy atom. The minimum Gasteiger partial charge on any atom is -0.389 e. The van der Waals surface area contributed by atoms with E-state index in [0.717, 1.165) is 19.3 Å². The molecule has 1 fully saturated rings. The van der Waals surface area contributed by atoms with Crippen LogP contribution in [0, 0.1) is 17.7 Å². The second-order valence-electron chi connectivity index (χ2n) is 5.06. The third-order valence-corrected chi connectivity index (χ3v) is 3.92. The maximum atomic E-state index is 13.4. The number of hydrogen-bond donors (Lipinski definition) is 2. The Hall–Kier alpha value is -1.49. The summed E-state index contributed by atoms with van der Waals surface area (Å²) in [4.78, 5) is 12.1. The van der Waals surface area contributed by atoms with Gasteiger partial charge < -0.3 is 11.1 Å². The van der Waals surface area contributed by atoms with Crippen LogP contribution in [0.3, 0.4) is 0 Å². The van der Waals surface area contributed by atoms with Crippen LogP contribution in [-0.4, -0.2) is 10.9 Å². The van der Waals surface area contributed by atoms with Crippen molar-refractivity contribution < 1.29 is 9.18 Å². The first-order valence-electron chi connectivity index (χ1n) is 6.39. The van der Waals surface area contributed by atoms with E-state index in [1.54, 1.807) is 0 Å². The van der Waals surface area contributed by atoms with Crippen LogP contribution >= 0.6 is 12.2 Å². The van der Waals surface area contributed by atoms with Crippen LogP contribution in [0.15, 0.2) is 18.2 Å². The lowest BCUT2D eigenvalue weighted by Crippen LogP contribution is -2.24. The third kappa shape index (κ3) is 3.10. The Morgan fingerprint density at radius 2 is 2.21 bits per heavy atom. The van der Waals surface area contributed by atoms with E-state index in [2.05, 4.69) is 12.2 Å². The van der Waals surface area contributed by atoms with Crippen molar-refractivity contribution in [2.75, 3.05) is 5.32 Å². The molecular weight excluding hydrogens is 263 g/mol. The van der Waals surface area contributed by atoms with Crippen LogP contribution in [0.4, 0.5) is 10.1 Å². The smallest absolute Gasteiger partial charge is 0.227 e. The van der Waals surface area contributed by atoms with Crippen molar-refractivity contribution >= 4 is 28.8 Å². The van der Waals surface area contributed by atoms with E-state index in [1.165, 1.54) is 18.2 Å². The molecule has 1 amide bonds. The normalized spacial score (nSPS) is 22.2. The van der Waals surface area contributed by atoms with Crippen LogP contribution in [0.25, 0.3) is 0 Å². The molecule has 2 unspecified atom stereocenters. The van der Waals surface area contributed by atoms with Gasteiger partial charge in [-0.1, -0.05) is 25.6 Å². The lowest BCUT2D eigenvalue weighted by Gasteiger charge is -2.15. The molecule has 102 valence electrons. The number of carbonyl (C=O) groups is 1. The van der Waals surface area contributed by atoms with Gasteiger partial charge in [0.25, 0.3) is 0 Å². The number of nitrogens with two attached hydrogens (primary N) is 1. The van der Waals surface area contributed by atoms with Crippen molar-refractivity contribution in [2.45, 2.75) is 26.2 Å². The largest absolute Gasteiger partial charge is 0.389 e. The van der Waals surface area contributed by atoms with Crippen molar-refractivity contribution in [3.63, 3.8) is 0 Å². The van der Waals surface area contributed by atoms with Crippen molar-refractivity contribution in [1.29, 1.82) is 0 Å². The Balaban J connectivity index is 2.13. The van der Waals surface area contributed by atoms with E-state index in [-0.39, 0.29) is 22.4 Å². The van der Waals surface area contributed by atoms with Gasteiger partial charge >= 0.3 is 0 Å². The summed E-state index contributed by atoms with van der Waals surface area (Å²) in [6, 6.07) is 4.27. The van der Waals surface area contributed by atoms with Crippen LogP contribution < -0.4 is 11.1 Å². The highest BCUT2D eigenvalue weighted by atomic mass is 32.1. The fraction of sp³-hybridized carbons (Fsp3) is 0.429. The summed E-state index contributed by atoms with van der Waals surface area (Å²) in [6.45, 7) is 2.09. The summed E-state index contributed by atoms with van der Waals surface area (Å²) in [6.07, 6.45) is 3.08. The van der Waals surface area contributed by atoms with E-state index in [1.807, 2.05) is 0 Å². The first-order chi connectivity index (χ1) is 8.99. The minimum atomic E-state index is -0.472. The number of rotatable bonds is 3. The van der Waals surface area contributed by atoms with Crippen LogP contribution in [0.5, 0.6) is 0 Å². The summed E-state index contributed by atoms with van der Waals surface area (Å²) in [5.41, 5.74) is 6.13. The zero-order chi connectivity index (χ0) is 14.0. The molecule has 0 spiro atoms. The lowest BCUT2D eigenvalue weighted by atomic mass is 9.97. The van der Waals surface area contributed by atoms with Crippen molar-refractivity contribution in [1.82, 2.24) is 0 Å². The number of anilines is 1. The topological polar surface area (TPSA) is 55.1 Å². The lowest BCUT2D eigenvalue weighted by molar-refractivity contribution is -0.120. The van der Waals surface area contributed by atoms with Crippen molar-refractivity contribution in [2.24, 2.45) is 17.6 Å². The molecule has 0 saturated heterocycles. The molecular formula is C14H17FN2OS. The quantitative estimate of drug-likeness (QED) is 0.837. The minimum absolute atomic E-state index is 0.00880. The Labute approximate surface area is 117 Å². The average molecular weight is 280 g/mol. The van der Waals surface area contributed by atoms with Gasteiger partial charge in [-0.2, -0.15) is 0 Å². The predicted molar refractivity (Wildman–Crippen MR) is 77.4 cm³/mol. The van der Waals surface area contributed by atoms with Gasteiger partial charge in [-0.15, -0.1) is 0 Å². The summed E-state index contributed by atoms with van der Waals surface area (Å²) < 4.78 is 13.4. The Bertz CT molecular complexity index is 518. The van der Waals surface area contributed by atoms with Gasteiger partial charge in [-0.25, -0.2) is 4.39 Å². The summed E-state index contributed by atoms with van der Waals surface area (Å²) >= 11 is 4.77. The number of benzene rings is 1. The standard InChI is InChI=1S/C14H17FN2OS/c1-8-3-2-4-10(8)14(18)17-9-5-6-12(15)11(7-9)13(16)19/h5-8,10H,2-4H2,1H3,(H2,16,19)(H,17,18). The van der Waals surface area contributed by atoms with Gasteiger partial charge in [0, 0.05) is 17.2 Å². The molecule has 5 heteroatoms. The van der Waals surface area contributed by atoms with Gasteiger partial charge in [0.1, 0.15) is 10.8 Å². The molecule has 0 radical (unpaired) electrons. The highest BCUT2D eigenvalue weighted by Gasteiger charge is 2.29. The molecule has 19 heavy (non-hydrogen) atoms.